The first-order chi connectivity index (χ1) is 15.6. The van der Waals surface area contributed by atoms with Crippen LogP contribution in [0, 0.1) is 11.7 Å². The first kappa shape index (κ1) is 26.7. The Morgan fingerprint density at radius 2 is 1.94 bits per heavy atom. The molecule has 0 bridgehead atoms. The van der Waals surface area contributed by atoms with E-state index in [1.165, 1.54) is 12.1 Å². The molecule has 0 aliphatic carbocycles. The topological polar surface area (TPSA) is 49.9 Å². The molecule has 5 nitrogen and oxygen atoms in total. The minimum Gasteiger partial charge on any atom is -0.489 e. The summed E-state index contributed by atoms with van der Waals surface area (Å²) in [5.74, 6) is -1.15. The third-order valence-electron chi connectivity index (χ3n) is 5.00. The summed E-state index contributed by atoms with van der Waals surface area (Å²) in [5.41, 5.74) is 1.75. The van der Waals surface area contributed by atoms with E-state index in [9.17, 15) is 18.4 Å². The van der Waals surface area contributed by atoms with Crippen molar-refractivity contribution in [3.05, 3.63) is 64.7 Å². The van der Waals surface area contributed by atoms with Crippen molar-refractivity contribution in [3.8, 4) is 5.75 Å². The zero-order valence-corrected chi connectivity index (χ0v) is 20.1. The van der Waals surface area contributed by atoms with Gasteiger partial charge in [-0.25, -0.2) is 8.78 Å². The summed E-state index contributed by atoms with van der Waals surface area (Å²) in [6, 6.07) is 4.78. The van der Waals surface area contributed by atoms with E-state index in [1.807, 2.05) is 6.92 Å². The van der Waals surface area contributed by atoms with Gasteiger partial charge in [-0.15, -0.1) is 0 Å². The summed E-state index contributed by atoms with van der Waals surface area (Å²) in [6.45, 7) is 11.4. The summed E-state index contributed by atoms with van der Waals surface area (Å²) in [7, 11) is 0. The molecular weight excluding hydrogens is 450 g/mol. The predicted octanol–water partition coefficient (Wildman–Crippen LogP) is 5.36. The highest BCUT2D eigenvalue weighted by Crippen LogP contribution is 2.21. The highest BCUT2D eigenvalue weighted by molar-refractivity contribution is 6.31. The molecule has 0 saturated carbocycles. The summed E-state index contributed by atoms with van der Waals surface area (Å²) in [4.78, 5) is 26.6. The second kappa shape index (κ2) is 12.7. The quantitative estimate of drug-likeness (QED) is 0.298. The second-order valence-corrected chi connectivity index (χ2v) is 8.96. The van der Waals surface area contributed by atoms with E-state index >= 15 is 0 Å². The maximum atomic E-state index is 14.6. The van der Waals surface area contributed by atoms with E-state index in [2.05, 4.69) is 25.3 Å². The van der Waals surface area contributed by atoms with Crippen molar-refractivity contribution in [1.29, 1.82) is 0 Å². The molecule has 0 N–H and O–H groups in total. The van der Waals surface area contributed by atoms with E-state index in [-0.39, 0.29) is 48.6 Å². The number of ether oxygens (including phenoxy) is 1. The van der Waals surface area contributed by atoms with Gasteiger partial charge in [0.05, 0.1) is 11.6 Å². The standard InChI is InChI=1S/C25H31ClF2N2O3/c1-17(2)14-29(15-18(3)5-7-21(26)19(4)27)16-20-6-8-23(22(28)13-20)33-12-11-30-24(31)9-10-25(30)32/h5-8,13,17H,4,9-12,14-16H2,1-3H3/b18-5+,21-7+. The van der Waals surface area contributed by atoms with E-state index in [1.54, 1.807) is 18.2 Å². The third kappa shape index (κ3) is 8.74. The van der Waals surface area contributed by atoms with E-state index in [0.29, 0.717) is 19.0 Å². The summed E-state index contributed by atoms with van der Waals surface area (Å²) in [5, 5.41) is -0.0408. The van der Waals surface area contributed by atoms with Crippen molar-refractivity contribution < 1.29 is 23.1 Å². The minimum absolute atomic E-state index is 0.0403. The molecule has 1 heterocycles. The average molecular weight is 481 g/mol. The van der Waals surface area contributed by atoms with Crippen LogP contribution in [0.4, 0.5) is 8.78 Å². The number of amides is 2. The molecule has 1 saturated heterocycles. The Kier molecular flexibility index (Phi) is 10.3. The smallest absolute Gasteiger partial charge is 0.229 e. The second-order valence-electron chi connectivity index (χ2n) is 8.55. The van der Waals surface area contributed by atoms with Crippen LogP contribution in [0.15, 0.2) is 53.4 Å². The highest BCUT2D eigenvalue weighted by atomic mass is 35.5. The van der Waals surface area contributed by atoms with Crippen LogP contribution in [0.2, 0.25) is 0 Å². The van der Waals surface area contributed by atoms with Gasteiger partial charge in [0.25, 0.3) is 0 Å². The number of nitrogens with zero attached hydrogens (tertiary/aromatic N) is 2. The van der Waals surface area contributed by atoms with Gasteiger partial charge in [-0.05, 0) is 36.6 Å². The molecular formula is C25H31ClF2N2O3. The van der Waals surface area contributed by atoms with E-state index in [4.69, 9.17) is 16.3 Å². The first-order valence-corrected chi connectivity index (χ1v) is 11.3. The molecule has 8 heteroatoms. The molecule has 0 radical (unpaired) electrons. The van der Waals surface area contributed by atoms with Gasteiger partial charge in [0.1, 0.15) is 12.4 Å². The fourth-order valence-electron chi connectivity index (χ4n) is 3.55. The SMILES string of the molecule is C=C(F)/C(Cl)=C\C=C(/C)CN(Cc1ccc(OCCN2C(=O)CCC2=O)c(F)c1)CC(C)C. The molecule has 0 unspecified atom stereocenters. The van der Waals surface area contributed by atoms with Crippen molar-refractivity contribution >= 4 is 23.4 Å². The fraction of sp³-hybridized carbons (Fsp3) is 0.440. The molecule has 0 spiro atoms. The van der Waals surface area contributed by atoms with Crippen LogP contribution in [0.25, 0.3) is 0 Å². The summed E-state index contributed by atoms with van der Waals surface area (Å²) in [6.07, 6.45) is 3.66. The van der Waals surface area contributed by atoms with Gasteiger partial charge in [-0.1, -0.05) is 49.7 Å². The molecule has 2 rings (SSSR count). The predicted molar refractivity (Wildman–Crippen MR) is 126 cm³/mol. The molecule has 2 amide bonds. The Balaban J connectivity index is 1.99. The van der Waals surface area contributed by atoms with Gasteiger partial charge in [0.15, 0.2) is 11.6 Å². The third-order valence-corrected chi connectivity index (χ3v) is 5.33. The number of allylic oxidation sites excluding steroid dienone is 4. The number of halogens is 3. The zero-order chi connectivity index (χ0) is 24.5. The van der Waals surface area contributed by atoms with E-state index in [0.717, 1.165) is 22.6 Å². The normalized spacial score (nSPS) is 15.2. The fourth-order valence-corrected chi connectivity index (χ4v) is 3.61. The van der Waals surface area contributed by atoms with E-state index < -0.39 is 11.6 Å². The number of likely N-dealkylation sites (tertiary alicyclic amines) is 1. The Bertz CT molecular complexity index is 928. The molecule has 0 aromatic heterocycles. The average Bonchev–Trinajstić information content (AvgIpc) is 3.05. The molecule has 1 aromatic rings. The molecule has 1 aromatic carbocycles. The van der Waals surface area contributed by atoms with Gasteiger partial charge in [0.2, 0.25) is 11.8 Å². The van der Waals surface area contributed by atoms with Crippen molar-refractivity contribution in [2.45, 2.75) is 40.2 Å². The number of hydrogen-bond donors (Lipinski definition) is 0. The zero-order valence-electron chi connectivity index (χ0n) is 19.4. The Hall–Kier alpha value is -2.51. The van der Waals surface area contributed by atoms with Crippen molar-refractivity contribution in [2.75, 3.05) is 26.2 Å². The number of hydrogen-bond acceptors (Lipinski definition) is 4. The summed E-state index contributed by atoms with van der Waals surface area (Å²) >= 11 is 5.77. The maximum absolute atomic E-state index is 14.6. The number of carbonyl (C=O) groups excluding carboxylic acids is 2. The lowest BCUT2D eigenvalue weighted by atomic mass is 10.1. The van der Waals surface area contributed by atoms with Gasteiger partial charge in [-0.3, -0.25) is 19.4 Å². The lowest BCUT2D eigenvalue weighted by molar-refractivity contribution is -0.138. The number of rotatable bonds is 12. The van der Waals surface area contributed by atoms with Crippen LogP contribution in [-0.4, -0.2) is 47.9 Å². The lowest BCUT2D eigenvalue weighted by Crippen LogP contribution is -2.33. The molecule has 1 aliphatic heterocycles. The number of imide groups is 1. The molecule has 1 fully saturated rings. The molecule has 33 heavy (non-hydrogen) atoms. The van der Waals surface area contributed by atoms with Crippen molar-refractivity contribution in [1.82, 2.24) is 9.80 Å². The van der Waals surface area contributed by atoms with Gasteiger partial charge in [0, 0.05) is 32.5 Å². The Morgan fingerprint density at radius 1 is 1.27 bits per heavy atom. The Morgan fingerprint density at radius 3 is 2.52 bits per heavy atom. The summed E-state index contributed by atoms with van der Waals surface area (Å²) < 4.78 is 33.1. The van der Waals surface area contributed by atoms with Gasteiger partial charge < -0.3 is 4.74 Å². The van der Waals surface area contributed by atoms with Crippen molar-refractivity contribution in [2.24, 2.45) is 5.92 Å². The van der Waals surface area contributed by atoms with Crippen LogP contribution in [0.3, 0.4) is 0 Å². The maximum Gasteiger partial charge on any atom is 0.229 e. The molecule has 1 aliphatic rings. The largest absolute Gasteiger partial charge is 0.489 e. The molecule has 0 atom stereocenters. The molecule has 180 valence electrons. The van der Waals surface area contributed by atoms with Gasteiger partial charge in [-0.2, -0.15) is 0 Å². The monoisotopic (exact) mass is 480 g/mol. The van der Waals surface area contributed by atoms with Crippen LogP contribution < -0.4 is 4.74 Å². The Labute approximate surface area is 199 Å². The van der Waals surface area contributed by atoms with Crippen LogP contribution in [-0.2, 0) is 16.1 Å². The van der Waals surface area contributed by atoms with Crippen molar-refractivity contribution in [3.63, 3.8) is 0 Å². The van der Waals surface area contributed by atoms with Gasteiger partial charge >= 0.3 is 0 Å². The van der Waals surface area contributed by atoms with Crippen LogP contribution in [0.5, 0.6) is 5.75 Å². The van der Waals surface area contributed by atoms with Crippen LogP contribution >= 0.6 is 11.6 Å². The van der Waals surface area contributed by atoms with Crippen LogP contribution in [0.1, 0.15) is 39.2 Å². The highest BCUT2D eigenvalue weighted by Gasteiger charge is 2.28. The lowest BCUT2D eigenvalue weighted by Gasteiger charge is -2.25. The number of benzene rings is 1. The first-order valence-electron chi connectivity index (χ1n) is 10.9. The minimum atomic E-state index is -0.684. The number of carbonyl (C=O) groups is 2.